The van der Waals surface area contributed by atoms with Gasteiger partial charge >= 0.3 is 0 Å². The summed E-state index contributed by atoms with van der Waals surface area (Å²) in [7, 11) is 0. The van der Waals surface area contributed by atoms with Gasteiger partial charge in [0, 0.05) is 24.7 Å². The van der Waals surface area contributed by atoms with Crippen LogP contribution in [-0.2, 0) is 13.1 Å². The molecule has 3 rings (SSSR count). The number of aryl methyl sites for hydroxylation is 1. The van der Waals surface area contributed by atoms with Crippen molar-refractivity contribution in [2.45, 2.75) is 20.0 Å². The van der Waals surface area contributed by atoms with Gasteiger partial charge in [-0.15, -0.1) is 0 Å². The van der Waals surface area contributed by atoms with E-state index in [9.17, 15) is 0 Å². The number of nitrogens with one attached hydrogen (secondary N) is 1. The van der Waals surface area contributed by atoms with Crippen LogP contribution in [0.2, 0.25) is 0 Å². The lowest BCUT2D eigenvalue weighted by atomic mass is 10.1. The maximum Gasteiger partial charge on any atom is 0.0705 e. The van der Waals surface area contributed by atoms with Crippen LogP contribution in [0.1, 0.15) is 16.7 Å². The summed E-state index contributed by atoms with van der Waals surface area (Å²) < 4.78 is 0. The summed E-state index contributed by atoms with van der Waals surface area (Å²) >= 11 is 0. The normalized spacial score (nSPS) is 10.8. The third-order valence-corrected chi connectivity index (χ3v) is 3.63. The summed E-state index contributed by atoms with van der Waals surface area (Å²) in [6.07, 6.45) is 1.88. The summed E-state index contributed by atoms with van der Waals surface area (Å²) in [5.74, 6) is 0. The molecule has 0 bridgehead atoms. The molecule has 0 saturated carbocycles. The SMILES string of the molecule is Cc1ccccc1CNCc1ccnc2ccccc12. The molecule has 2 heteroatoms. The Kier molecular flexibility index (Phi) is 3.75. The average molecular weight is 262 g/mol. The molecule has 0 radical (unpaired) electrons. The lowest BCUT2D eigenvalue weighted by molar-refractivity contribution is 0.693. The molecule has 3 aromatic rings. The van der Waals surface area contributed by atoms with Crippen molar-refractivity contribution in [2.75, 3.05) is 0 Å². The van der Waals surface area contributed by atoms with E-state index in [-0.39, 0.29) is 0 Å². The minimum Gasteiger partial charge on any atom is -0.309 e. The fraction of sp³-hybridized carbons (Fsp3) is 0.167. The highest BCUT2D eigenvalue weighted by atomic mass is 14.8. The number of pyridine rings is 1. The number of para-hydroxylation sites is 1. The highest BCUT2D eigenvalue weighted by Crippen LogP contribution is 2.16. The minimum atomic E-state index is 0.858. The molecule has 0 aliphatic rings. The van der Waals surface area contributed by atoms with Crippen molar-refractivity contribution in [3.05, 3.63) is 77.5 Å². The topological polar surface area (TPSA) is 24.9 Å². The maximum atomic E-state index is 4.39. The molecule has 1 aromatic heterocycles. The van der Waals surface area contributed by atoms with Gasteiger partial charge < -0.3 is 5.32 Å². The molecule has 0 aliphatic carbocycles. The Morgan fingerprint density at radius 1 is 0.850 bits per heavy atom. The van der Waals surface area contributed by atoms with Crippen LogP contribution in [0, 0.1) is 6.92 Å². The average Bonchev–Trinajstić information content (AvgIpc) is 2.49. The summed E-state index contributed by atoms with van der Waals surface area (Å²) in [6, 6.07) is 18.9. The van der Waals surface area contributed by atoms with E-state index >= 15 is 0 Å². The fourth-order valence-corrected chi connectivity index (χ4v) is 2.45. The fourth-order valence-electron chi connectivity index (χ4n) is 2.45. The number of hydrogen-bond acceptors (Lipinski definition) is 2. The van der Waals surface area contributed by atoms with Gasteiger partial charge in [-0.05, 0) is 35.7 Å². The van der Waals surface area contributed by atoms with E-state index in [1.165, 1.54) is 22.1 Å². The largest absolute Gasteiger partial charge is 0.309 e. The molecule has 0 atom stereocenters. The second-order valence-corrected chi connectivity index (χ2v) is 5.02. The first-order valence-corrected chi connectivity index (χ1v) is 6.92. The minimum absolute atomic E-state index is 0.858. The highest BCUT2D eigenvalue weighted by Gasteiger charge is 2.01. The number of hydrogen-bond donors (Lipinski definition) is 1. The van der Waals surface area contributed by atoms with Gasteiger partial charge in [0.05, 0.1) is 5.52 Å². The summed E-state index contributed by atoms with van der Waals surface area (Å²) in [4.78, 5) is 4.39. The lowest BCUT2D eigenvalue weighted by Gasteiger charge is -2.09. The van der Waals surface area contributed by atoms with Crippen LogP contribution < -0.4 is 5.32 Å². The number of nitrogens with zero attached hydrogens (tertiary/aromatic N) is 1. The van der Waals surface area contributed by atoms with Crippen LogP contribution in [0.4, 0.5) is 0 Å². The van der Waals surface area contributed by atoms with E-state index in [2.05, 4.69) is 65.8 Å². The summed E-state index contributed by atoms with van der Waals surface area (Å²) in [5, 5.41) is 4.75. The summed E-state index contributed by atoms with van der Waals surface area (Å²) in [6.45, 7) is 3.90. The van der Waals surface area contributed by atoms with Crippen molar-refractivity contribution < 1.29 is 0 Å². The number of benzene rings is 2. The zero-order valence-electron chi connectivity index (χ0n) is 11.6. The van der Waals surface area contributed by atoms with Crippen molar-refractivity contribution in [2.24, 2.45) is 0 Å². The van der Waals surface area contributed by atoms with E-state index in [0.29, 0.717) is 0 Å². The zero-order chi connectivity index (χ0) is 13.8. The van der Waals surface area contributed by atoms with Gasteiger partial charge in [-0.2, -0.15) is 0 Å². The Balaban J connectivity index is 1.73. The first-order valence-electron chi connectivity index (χ1n) is 6.92. The molecule has 1 N–H and O–H groups in total. The van der Waals surface area contributed by atoms with Crippen LogP contribution in [0.25, 0.3) is 10.9 Å². The Labute approximate surface area is 119 Å². The van der Waals surface area contributed by atoms with Crippen molar-refractivity contribution in [3.63, 3.8) is 0 Å². The number of fused-ring (bicyclic) bond motifs is 1. The molecule has 0 spiro atoms. The maximum absolute atomic E-state index is 4.39. The molecule has 0 amide bonds. The smallest absolute Gasteiger partial charge is 0.0705 e. The zero-order valence-corrected chi connectivity index (χ0v) is 11.6. The van der Waals surface area contributed by atoms with E-state index in [4.69, 9.17) is 0 Å². The van der Waals surface area contributed by atoms with E-state index in [0.717, 1.165) is 18.6 Å². The monoisotopic (exact) mass is 262 g/mol. The molecule has 0 saturated heterocycles. The van der Waals surface area contributed by atoms with Crippen LogP contribution in [0.5, 0.6) is 0 Å². The van der Waals surface area contributed by atoms with E-state index < -0.39 is 0 Å². The molecule has 0 unspecified atom stereocenters. The third-order valence-electron chi connectivity index (χ3n) is 3.63. The molecule has 100 valence electrons. The van der Waals surface area contributed by atoms with Crippen molar-refractivity contribution in [1.29, 1.82) is 0 Å². The van der Waals surface area contributed by atoms with Gasteiger partial charge in [0.15, 0.2) is 0 Å². The van der Waals surface area contributed by atoms with Gasteiger partial charge in [0.2, 0.25) is 0 Å². The number of aromatic nitrogens is 1. The van der Waals surface area contributed by atoms with Crippen molar-refractivity contribution in [1.82, 2.24) is 10.3 Å². The van der Waals surface area contributed by atoms with Crippen LogP contribution in [-0.4, -0.2) is 4.98 Å². The highest BCUT2D eigenvalue weighted by molar-refractivity contribution is 5.81. The second kappa shape index (κ2) is 5.85. The Bertz CT molecular complexity index is 714. The van der Waals surface area contributed by atoms with E-state index in [1.807, 2.05) is 12.3 Å². The Hall–Kier alpha value is -2.19. The summed E-state index contributed by atoms with van der Waals surface area (Å²) in [5.41, 5.74) is 5.04. The Morgan fingerprint density at radius 3 is 2.50 bits per heavy atom. The predicted octanol–water partition coefficient (Wildman–Crippen LogP) is 3.83. The molecule has 1 heterocycles. The van der Waals surface area contributed by atoms with Gasteiger partial charge in [0.1, 0.15) is 0 Å². The lowest BCUT2D eigenvalue weighted by Crippen LogP contribution is -2.13. The van der Waals surface area contributed by atoms with Crippen molar-refractivity contribution >= 4 is 10.9 Å². The van der Waals surface area contributed by atoms with Gasteiger partial charge in [-0.1, -0.05) is 42.5 Å². The van der Waals surface area contributed by atoms with Crippen LogP contribution in [0.3, 0.4) is 0 Å². The van der Waals surface area contributed by atoms with Gasteiger partial charge in [0.25, 0.3) is 0 Å². The van der Waals surface area contributed by atoms with Gasteiger partial charge in [-0.3, -0.25) is 4.98 Å². The van der Waals surface area contributed by atoms with Crippen LogP contribution in [0.15, 0.2) is 60.8 Å². The standard InChI is InChI=1S/C18H18N2/c1-14-6-2-3-7-15(14)12-19-13-16-10-11-20-18-9-5-4-8-17(16)18/h2-11,19H,12-13H2,1H3. The molecule has 0 aliphatic heterocycles. The van der Waals surface area contributed by atoms with E-state index in [1.54, 1.807) is 0 Å². The van der Waals surface area contributed by atoms with Gasteiger partial charge in [-0.25, -0.2) is 0 Å². The Morgan fingerprint density at radius 2 is 1.60 bits per heavy atom. The van der Waals surface area contributed by atoms with Crippen LogP contribution >= 0.6 is 0 Å². The first kappa shape index (κ1) is 12.8. The second-order valence-electron chi connectivity index (χ2n) is 5.02. The predicted molar refractivity (Wildman–Crippen MR) is 83.5 cm³/mol. The molecule has 0 fully saturated rings. The first-order chi connectivity index (χ1) is 9.84. The molecule has 2 aromatic carbocycles. The molecular formula is C18H18N2. The molecular weight excluding hydrogens is 244 g/mol. The third kappa shape index (κ3) is 2.70. The molecule has 2 nitrogen and oxygen atoms in total. The van der Waals surface area contributed by atoms with Crippen molar-refractivity contribution in [3.8, 4) is 0 Å². The quantitative estimate of drug-likeness (QED) is 0.773. The molecule has 20 heavy (non-hydrogen) atoms. The number of rotatable bonds is 4.